The SMILES string of the molecule is CC(=O)N1CCCCC1c1ccc(NC2CCCC2)nc1. The Kier molecular flexibility index (Phi) is 4.42. The summed E-state index contributed by atoms with van der Waals surface area (Å²) in [5, 5.41) is 3.51. The van der Waals surface area contributed by atoms with Crippen molar-refractivity contribution in [3.63, 3.8) is 0 Å². The number of nitrogens with one attached hydrogen (secondary N) is 1. The van der Waals surface area contributed by atoms with Gasteiger partial charge in [-0.3, -0.25) is 4.79 Å². The van der Waals surface area contributed by atoms with Gasteiger partial charge in [0.2, 0.25) is 5.91 Å². The van der Waals surface area contributed by atoms with E-state index in [1.807, 2.05) is 11.1 Å². The van der Waals surface area contributed by atoms with Crippen molar-refractivity contribution in [1.29, 1.82) is 0 Å². The first-order valence-corrected chi connectivity index (χ1v) is 8.24. The number of aromatic nitrogens is 1. The van der Waals surface area contributed by atoms with Crippen molar-refractivity contribution in [1.82, 2.24) is 9.88 Å². The van der Waals surface area contributed by atoms with Gasteiger partial charge >= 0.3 is 0 Å². The Labute approximate surface area is 126 Å². The number of pyridine rings is 1. The highest BCUT2D eigenvalue weighted by Gasteiger charge is 2.26. The molecule has 0 bridgehead atoms. The maximum Gasteiger partial charge on any atom is 0.219 e. The lowest BCUT2D eigenvalue weighted by atomic mass is 9.96. The van der Waals surface area contributed by atoms with Crippen molar-refractivity contribution in [2.24, 2.45) is 0 Å². The highest BCUT2D eigenvalue weighted by molar-refractivity contribution is 5.74. The van der Waals surface area contributed by atoms with E-state index in [-0.39, 0.29) is 11.9 Å². The Hall–Kier alpha value is -1.58. The fourth-order valence-corrected chi connectivity index (χ4v) is 3.62. The zero-order chi connectivity index (χ0) is 14.7. The van der Waals surface area contributed by atoms with E-state index in [0.717, 1.165) is 25.2 Å². The predicted molar refractivity (Wildman–Crippen MR) is 84.1 cm³/mol. The van der Waals surface area contributed by atoms with Gasteiger partial charge in [0.05, 0.1) is 6.04 Å². The van der Waals surface area contributed by atoms with E-state index in [0.29, 0.717) is 6.04 Å². The second-order valence-corrected chi connectivity index (χ2v) is 6.33. The van der Waals surface area contributed by atoms with Gasteiger partial charge in [-0.2, -0.15) is 0 Å². The summed E-state index contributed by atoms with van der Waals surface area (Å²) in [5.41, 5.74) is 1.17. The van der Waals surface area contributed by atoms with E-state index in [1.165, 1.54) is 37.7 Å². The molecule has 2 heterocycles. The zero-order valence-corrected chi connectivity index (χ0v) is 12.8. The van der Waals surface area contributed by atoms with Crippen LogP contribution in [-0.2, 0) is 4.79 Å². The van der Waals surface area contributed by atoms with Crippen LogP contribution in [0.15, 0.2) is 18.3 Å². The van der Waals surface area contributed by atoms with Crippen molar-refractivity contribution in [2.45, 2.75) is 64.0 Å². The summed E-state index contributed by atoms with van der Waals surface area (Å²) in [7, 11) is 0. The zero-order valence-electron chi connectivity index (χ0n) is 12.8. The second kappa shape index (κ2) is 6.46. The lowest BCUT2D eigenvalue weighted by molar-refractivity contribution is -0.132. The van der Waals surface area contributed by atoms with Crippen molar-refractivity contribution in [3.8, 4) is 0 Å². The first-order chi connectivity index (χ1) is 10.2. The van der Waals surface area contributed by atoms with Gasteiger partial charge in [-0.15, -0.1) is 0 Å². The number of nitrogens with zero attached hydrogens (tertiary/aromatic N) is 2. The van der Waals surface area contributed by atoms with E-state index in [9.17, 15) is 4.79 Å². The molecule has 1 aromatic heterocycles. The molecule has 4 heteroatoms. The molecule has 1 atom stereocenters. The average Bonchev–Trinajstić information content (AvgIpc) is 3.01. The number of hydrogen-bond acceptors (Lipinski definition) is 3. The highest BCUT2D eigenvalue weighted by atomic mass is 16.2. The number of carbonyl (C=O) groups is 1. The third-order valence-corrected chi connectivity index (χ3v) is 4.79. The van der Waals surface area contributed by atoms with Gasteiger partial charge in [-0.1, -0.05) is 18.9 Å². The quantitative estimate of drug-likeness (QED) is 0.925. The Bertz CT molecular complexity index is 479. The Balaban J connectivity index is 1.68. The molecule has 21 heavy (non-hydrogen) atoms. The second-order valence-electron chi connectivity index (χ2n) is 6.33. The van der Waals surface area contributed by atoms with Crippen LogP contribution in [0.1, 0.15) is 63.5 Å². The van der Waals surface area contributed by atoms with Crippen LogP contribution in [0.2, 0.25) is 0 Å². The summed E-state index contributed by atoms with van der Waals surface area (Å²) in [6, 6.07) is 5.01. The molecule has 2 aliphatic rings. The van der Waals surface area contributed by atoms with E-state index >= 15 is 0 Å². The van der Waals surface area contributed by atoms with Gasteiger partial charge in [-0.25, -0.2) is 4.98 Å². The molecule has 0 spiro atoms. The summed E-state index contributed by atoms with van der Waals surface area (Å²) in [4.78, 5) is 18.3. The molecule has 2 fully saturated rings. The number of anilines is 1. The molecule has 4 nitrogen and oxygen atoms in total. The van der Waals surface area contributed by atoms with Gasteiger partial charge in [0.15, 0.2) is 0 Å². The van der Waals surface area contributed by atoms with Crippen LogP contribution in [0.25, 0.3) is 0 Å². The summed E-state index contributed by atoms with van der Waals surface area (Å²) in [6.07, 6.45) is 10.5. The molecule has 1 saturated carbocycles. The maximum absolute atomic E-state index is 11.8. The van der Waals surface area contributed by atoms with Crippen molar-refractivity contribution >= 4 is 11.7 Å². The molecule has 114 valence electrons. The number of amides is 1. The molecule has 0 radical (unpaired) electrons. The van der Waals surface area contributed by atoms with E-state index in [1.54, 1.807) is 6.92 Å². The third-order valence-electron chi connectivity index (χ3n) is 4.79. The first kappa shape index (κ1) is 14.4. The molecule has 1 unspecified atom stereocenters. The Morgan fingerprint density at radius 2 is 1.95 bits per heavy atom. The van der Waals surface area contributed by atoms with Crippen LogP contribution in [-0.4, -0.2) is 28.4 Å². The molecule has 3 rings (SSSR count). The molecule has 1 aliphatic carbocycles. The number of hydrogen-bond donors (Lipinski definition) is 1. The summed E-state index contributed by atoms with van der Waals surface area (Å²) >= 11 is 0. The highest BCUT2D eigenvalue weighted by Crippen LogP contribution is 2.31. The predicted octanol–water partition coefficient (Wildman–Crippen LogP) is 3.51. The molecule has 1 aromatic rings. The average molecular weight is 287 g/mol. The normalized spacial score (nSPS) is 23.3. The van der Waals surface area contributed by atoms with E-state index < -0.39 is 0 Å². The van der Waals surface area contributed by atoms with Crippen molar-refractivity contribution in [2.75, 3.05) is 11.9 Å². The fourth-order valence-electron chi connectivity index (χ4n) is 3.62. The van der Waals surface area contributed by atoms with Crippen LogP contribution < -0.4 is 5.32 Å². The Morgan fingerprint density at radius 1 is 1.19 bits per heavy atom. The van der Waals surface area contributed by atoms with Crippen LogP contribution in [0.4, 0.5) is 5.82 Å². The molecule has 0 aromatic carbocycles. The smallest absolute Gasteiger partial charge is 0.219 e. The van der Waals surface area contributed by atoms with E-state index in [2.05, 4.69) is 22.4 Å². The molecule has 1 amide bonds. The van der Waals surface area contributed by atoms with Crippen LogP contribution >= 0.6 is 0 Å². The molecule has 1 aliphatic heterocycles. The standard InChI is InChI=1S/C17H25N3O/c1-13(21)20-11-5-4-8-16(20)14-9-10-17(18-12-14)19-15-6-2-3-7-15/h9-10,12,15-16H,2-8,11H2,1H3,(H,18,19). The molecular formula is C17H25N3O. The molecular weight excluding hydrogens is 262 g/mol. The minimum Gasteiger partial charge on any atom is -0.367 e. The van der Waals surface area contributed by atoms with Crippen LogP contribution in [0, 0.1) is 0 Å². The summed E-state index contributed by atoms with van der Waals surface area (Å²) < 4.78 is 0. The number of piperidine rings is 1. The monoisotopic (exact) mass is 287 g/mol. The van der Waals surface area contributed by atoms with Gasteiger partial charge in [0, 0.05) is 25.7 Å². The minimum atomic E-state index is 0.174. The lowest BCUT2D eigenvalue weighted by Gasteiger charge is -2.35. The molecule has 1 N–H and O–H groups in total. The van der Waals surface area contributed by atoms with Crippen molar-refractivity contribution in [3.05, 3.63) is 23.9 Å². The lowest BCUT2D eigenvalue weighted by Crippen LogP contribution is -2.37. The van der Waals surface area contributed by atoms with Gasteiger partial charge in [0.1, 0.15) is 5.82 Å². The fraction of sp³-hybridized carbons (Fsp3) is 0.647. The summed E-state index contributed by atoms with van der Waals surface area (Å²) in [6.45, 7) is 2.55. The first-order valence-electron chi connectivity index (χ1n) is 8.24. The number of rotatable bonds is 3. The van der Waals surface area contributed by atoms with Crippen molar-refractivity contribution < 1.29 is 4.79 Å². The van der Waals surface area contributed by atoms with Crippen LogP contribution in [0.5, 0.6) is 0 Å². The number of carbonyl (C=O) groups excluding carboxylic acids is 1. The van der Waals surface area contributed by atoms with Gasteiger partial charge in [-0.05, 0) is 43.7 Å². The number of likely N-dealkylation sites (tertiary alicyclic amines) is 1. The van der Waals surface area contributed by atoms with E-state index in [4.69, 9.17) is 0 Å². The molecule has 1 saturated heterocycles. The minimum absolute atomic E-state index is 0.174. The maximum atomic E-state index is 11.8. The van der Waals surface area contributed by atoms with Gasteiger partial charge < -0.3 is 10.2 Å². The topological polar surface area (TPSA) is 45.2 Å². The van der Waals surface area contributed by atoms with Crippen LogP contribution in [0.3, 0.4) is 0 Å². The third kappa shape index (κ3) is 3.36. The Morgan fingerprint density at radius 3 is 2.62 bits per heavy atom. The summed E-state index contributed by atoms with van der Waals surface area (Å²) in [5.74, 6) is 1.14. The van der Waals surface area contributed by atoms with Gasteiger partial charge in [0.25, 0.3) is 0 Å². The largest absolute Gasteiger partial charge is 0.367 e.